The predicted molar refractivity (Wildman–Crippen MR) is 466 cm³/mol. The summed E-state index contributed by atoms with van der Waals surface area (Å²) in [4.78, 5) is 48.8. The molecule has 0 unspecified atom stereocenters. The highest BCUT2D eigenvalue weighted by Crippen LogP contribution is 2.51. The molecule has 3 aromatic heterocycles. The highest BCUT2D eigenvalue weighted by Gasteiger charge is 2.33. The molecule has 9 aromatic rings. The summed E-state index contributed by atoms with van der Waals surface area (Å²) in [6.07, 6.45) is 10.1. The number of Topliss-reactive ketones (excluding diaryl/α,β-unsaturated/α-hetero) is 1. The lowest BCUT2D eigenvalue weighted by Gasteiger charge is -2.43. The average molecular weight is 1690 g/mol. The van der Waals surface area contributed by atoms with E-state index in [-0.39, 0.29) is 33.4 Å². The number of piperazine rings is 1. The third-order valence-corrected chi connectivity index (χ3v) is 29.7. The Balaban J connectivity index is 0.000000169. The highest BCUT2D eigenvalue weighted by molar-refractivity contribution is 7.92. The van der Waals surface area contributed by atoms with Gasteiger partial charge in [0.15, 0.2) is 33.1 Å². The van der Waals surface area contributed by atoms with E-state index in [1.165, 1.54) is 45.2 Å². The van der Waals surface area contributed by atoms with E-state index in [1.54, 1.807) is 110 Å². The quantitative estimate of drug-likeness (QED) is 0.0206. The van der Waals surface area contributed by atoms with Crippen molar-refractivity contribution >= 4 is 169 Å². The van der Waals surface area contributed by atoms with Gasteiger partial charge in [-0.15, -0.1) is 0 Å². The van der Waals surface area contributed by atoms with Gasteiger partial charge in [-0.05, 0) is 191 Å². The number of nitrogens with one attached hydrogen (secondary N) is 7. The number of carbonyl (C=O) groups is 1. The molecule has 4 aliphatic heterocycles. The molecule has 6 aromatic carbocycles. The second-order valence-electron chi connectivity index (χ2n) is 29.2. The van der Waals surface area contributed by atoms with Gasteiger partial charge in [-0.2, -0.15) is 15.0 Å². The zero-order valence-corrected chi connectivity index (χ0v) is 72.0. The third kappa shape index (κ3) is 21.9. The molecule has 114 heavy (non-hydrogen) atoms. The number of para-hydroxylation sites is 2. The van der Waals surface area contributed by atoms with Crippen LogP contribution in [0.25, 0.3) is 0 Å². The van der Waals surface area contributed by atoms with Crippen molar-refractivity contribution in [2.24, 2.45) is 0 Å². The Morgan fingerprint density at radius 3 is 1.54 bits per heavy atom. The minimum absolute atomic E-state index is 0.0786. The van der Waals surface area contributed by atoms with Crippen LogP contribution >= 0.6 is 56.2 Å². The maximum atomic E-state index is 13.6. The van der Waals surface area contributed by atoms with E-state index in [0.717, 1.165) is 79.8 Å². The molecular formula is C80H101Cl3N17O10P3S. The van der Waals surface area contributed by atoms with Crippen molar-refractivity contribution in [3.8, 4) is 17.2 Å². The van der Waals surface area contributed by atoms with Gasteiger partial charge >= 0.3 is 0 Å². The lowest BCUT2D eigenvalue weighted by Crippen LogP contribution is -2.53. The molecule has 7 N–H and O–H groups in total. The second kappa shape index (κ2) is 38.4. The number of sulfone groups is 1. The molecule has 0 spiro atoms. The number of carbonyl (C=O) groups excluding carboxylic acids is 1. The SMILES string of the molecule is CNC1CCP(=O)(c2ccc(Nc3ncc(Cl)c(Nc4ccccc4S(=O)(=O)C(C)C)n3)c(OC)c2)CC1.COc1cc(N2CCN(C3CCN(C)CC3)CC2)ccc1Nc1ncc(Cl)c(Nc2ccccc2P(C)(C)=O)n1.COc1cc(P(C)(C)=O)ccc1Nc1ncc(Cl)c(Nc2ccc(N3CCOCC3)cc2C(C)=O)n1. The monoisotopic (exact) mass is 1690 g/mol. The van der Waals surface area contributed by atoms with Gasteiger partial charge in [0.05, 0.1) is 97.4 Å². The third-order valence-electron chi connectivity index (χ3n) is 20.4. The van der Waals surface area contributed by atoms with E-state index in [1.807, 2.05) is 73.8 Å². The number of benzene rings is 6. The second-order valence-corrected chi connectivity index (χ2v) is 42.5. The Hall–Kier alpha value is -8.62. The summed E-state index contributed by atoms with van der Waals surface area (Å²) in [5.74, 6) is 3.58. The molecule has 0 bridgehead atoms. The molecule has 0 aliphatic carbocycles. The summed E-state index contributed by atoms with van der Waals surface area (Å²) < 4.78 is 86.8. The fourth-order valence-corrected chi connectivity index (χ4v) is 20.3. The molecule has 608 valence electrons. The Morgan fingerprint density at radius 2 is 1.02 bits per heavy atom. The number of aromatic nitrogens is 6. The van der Waals surface area contributed by atoms with E-state index >= 15 is 0 Å². The van der Waals surface area contributed by atoms with Crippen LogP contribution in [-0.4, -0.2) is 211 Å². The Labute approximate surface area is 683 Å². The van der Waals surface area contributed by atoms with Crippen molar-refractivity contribution in [2.75, 3.05) is 182 Å². The van der Waals surface area contributed by atoms with Crippen molar-refractivity contribution in [3.05, 3.63) is 161 Å². The first-order chi connectivity index (χ1) is 54.4. The van der Waals surface area contributed by atoms with Gasteiger partial charge < -0.3 is 84.6 Å². The van der Waals surface area contributed by atoms with Crippen molar-refractivity contribution in [1.82, 2.24) is 45.0 Å². The number of methoxy groups -OCH3 is 3. The smallest absolute Gasteiger partial charge is 0.229 e. The van der Waals surface area contributed by atoms with E-state index in [4.69, 9.17) is 53.8 Å². The maximum Gasteiger partial charge on any atom is 0.229 e. The number of likely N-dealkylation sites (tertiary alicyclic amines) is 1. The molecule has 0 atom stereocenters. The number of rotatable bonds is 25. The van der Waals surface area contributed by atoms with Gasteiger partial charge in [-0.25, -0.2) is 23.4 Å². The molecule has 4 aliphatic rings. The Morgan fingerprint density at radius 1 is 0.553 bits per heavy atom. The van der Waals surface area contributed by atoms with Crippen LogP contribution < -0.4 is 77.1 Å². The molecule has 0 saturated carbocycles. The topological polar surface area (TPSA) is 314 Å². The van der Waals surface area contributed by atoms with E-state index in [9.17, 15) is 26.9 Å². The highest BCUT2D eigenvalue weighted by atomic mass is 35.5. The van der Waals surface area contributed by atoms with Crippen LogP contribution in [0.1, 0.15) is 56.8 Å². The van der Waals surface area contributed by atoms with Crippen LogP contribution in [0.5, 0.6) is 17.2 Å². The number of hydrogen-bond acceptors (Lipinski definition) is 27. The van der Waals surface area contributed by atoms with Gasteiger partial charge in [0.1, 0.15) is 53.7 Å². The lowest BCUT2D eigenvalue weighted by atomic mass is 10.0. The number of nitrogens with zero attached hydrogens (tertiary/aromatic N) is 10. The van der Waals surface area contributed by atoms with Crippen LogP contribution in [-0.2, 0) is 28.3 Å². The first kappa shape index (κ1) is 86.2. The standard InChI is InChI=1S/C29H39ClN7O2P.C26H33ClN5O4PS.C25H29ClN5O4P/c1-35-13-11-21(12-14-35)36-15-17-37(18-16-36)22-9-10-24(26(19-22)39-2)33-29-31-20-23(30)28(34-29)32-25-7-5-6-8-27(25)40(3,4)38;1-17(2)38(34,35)24-8-6-5-7-22(24)30-25-20(27)16-29-26(32-25)31-21-10-9-19(15-23(21)36-4)37(33)13-11-18(28-3)12-14-37;1-16(32)19-13-17(31-9-11-35-12-10-31)5-7-21(19)28-24-20(26)15-27-25(30-24)29-22-8-6-18(36(3,4)33)14-23(22)34-2/h5-10,19-21H,11-18H2,1-4H3,(H2,31,32,33,34);5-10,15-18,28H,11-14H2,1-4H3,(H2,29,30,31,32);5-8,13-15H,9-12H2,1-4H3,(H2,27,28,29,30). The minimum Gasteiger partial charge on any atom is -0.495 e. The van der Waals surface area contributed by atoms with Crippen LogP contribution in [0.3, 0.4) is 0 Å². The molecule has 0 radical (unpaired) electrons. The van der Waals surface area contributed by atoms with E-state index in [2.05, 4.69) is 106 Å². The van der Waals surface area contributed by atoms with Crippen LogP contribution in [0.15, 0.2) is 145 Å². The van der Waals surface area contributed by atoms with Crippen molar-refractivity contribution in [1.29, 1.82) is 0 Å². The van der Waals surface area contributed by atoms with E-state index in [0.29, 0.717) is 122 Å². The van der Waals surface area contributed by atoms with Crippen LogP contribution in [0.2, 0.25) is 15.1 Å². The Bertz CT molecular complexity index is 5150. The summed E-state index contributed by atoms with van der Waals surface area (Å²) in [6, 6.07) is 37.9. The molecule has 27 nitrogen and oxygen atoms in total. The summed E-state index contributed by atoms with van der Waals surface area (Å²) >= 11 is 19.2. The normalized spacial score (nSPS) is 17.1. The first-order valence-corrected chi connectivity index (χ1v) is 47.6. The zero-order valence-electron chi connectivity index (χ0n) is 66.3. The van der Waals surface area contributed by atoms with Crippen molar-refractivity contribution in [3.63, 3.8) is 0 Å². The van der Waals surface area contributed by atoms with Gasteiger partial charge in [0, 0.05) is 103 Å². The van der Waals surface area contributed by atoms with Gasteiger partial charge in [0.2, 0.25) is 17.8 Å². The van der Waals surface area contributed by atoms with Crippen LogP contribution in [0.4, 0.5) is 80.8 Å². The van der Waals surface area contributed by atoms with Crippen molar-refractivity contribution < 1.29 is 45.9 Å². The Kier molecular flexibility index (Phi) is 29.1. The molecule has 13 rings (SSSR count). The molecule has 4 saturated heterocycles. The average Bonchev–Trinajstić information content (AvgIpc) is 0.788. The molecule has 34 heteroatoms. The molecule has 7 heterocycles. The molecular weight excluding hydrogens is 1590 g/mol. The summed E-state index contributed by atoms with van der Waals surface area (Å²) in [6.45, 7) is 21.1. The minimum atomic E-state index is -3.54. The van der Waals surface area contributed by atoms with Crippen LogP contribution in [0, 0.1) is 0 Å². The van der Waals surface area contributed by atoms with Gasteiger partial charge in [-0.3, -0.25) is 9.69 Å². The number of piperidine rings is 1. The largest absolute Gasteiger partial charge is 0.495 e. The summed E-state index contributed by atoms with van der Waals surface area (Å²) in [7, 11) is -2.06. The van der Waals surface area contributed by atoms with E-state index < -0.39 is 36.5 Å². The molecule has 4 fully saturated rings. The van der Waals surface area contributed by atoms with Gasteiger partial charge in [0.25, 0.3) is 0 Å². The first-order valence-electron chi connectivity index (χ1n) is 37.6. The molecule has 0 amide bonds. The number of anilines is 14. The van der Waals surface area contributed by atoms with Gasteiger partial charge in [-0.1, -0.05) is 59.1 Å². The van der Waals surface area contributed by atoms with Crippen molar-refractivity contribution in [2.45, 2.75) is 68.7 Å². The number of morpholine rings is 1. The summed E-state index contributed by atoms with van der Waals surface area (Å²) in [5, 5.41) is 24.8. The predicted octanol–water partition coefficient (Wildman–Crippen LogP) is 15.2. The maximum absolute atomic E-state index is 13.6. The fraction of sp³-hybridized carbons (Fsp3) is 0.388. The summed E-state index contributed by atoms with van der Waals surface area (Å²) in [5.41, 5.74) is 6.28. The lowest BCUT2D eigenvalue weighted by molar-refractivity contribution is 0.101. The number of ketones is 1. The number of halogens is 3. The number of hydrogen-bond donors (Lipinski definition) is 7. The number of ether oxygens (including phenoxy) is 4. The zero-order chi connectivity index (χ0) is 81.7. The fourth-order valence-electron chi connectivity index (χ4n) is 13.7.